The number of hydrogen-bond donors (Lipinski definition) is 2. The molecule has 4 rings (SSSR count). The van der Waals surface area contributed by atoms with Crippen molar-refractivity contribution in [1.29, 1.82) is 0 Å². The number of aryl methyl sites for hydroxylation is 2. The first-order valence-corrected chi connectivity index (χ1v) is 11.3. The molecule has 0 amide bonds. The Labute approximate surface area is 218 Å². The number of nitrogens with zero attached hydrogens (tertiary/aromatic N) is 5. The normalized spacial score (nSPS) is 11.2. The first-order valence-electron chi connectivity index (χ1n) is 11.3. The zero-order valence-corrected chi connectivity index (χ0v) is 22.2. The number of halogens is 1. The fourth-order valence-electron chi connectivity index (χ4n) is 3.86. The average Bonchev–Trinajstić information content (AvgIpc) is 3.45. The Morgan fingerprint density at radius 3 is 2.35 bits per heavy atom. The SMILES string of the molecule is CCNC(=NCc1ccccc1-n1nc(C)cc1C)NCc1ccccc1Cn1cccn1.I. The topological polar surface area (TPSA) is 72.1 Å². The summed E-state index contributed by atoms with van der Waals surface area (Å²) in [5, 5.41) is 15.8. The molecule has 2 N–H and O–H groups in total. The molecule has 7 nitrogen and oxygen atoms in total. The van der Waals surface area contributed by atoms with E-state index in [4.69, 9.17) is 4.99 Å². The van der Waals surface area contributed by atoms with Gasteiger partial charge in [-0.2, -0.15) is 10.2 Å². The third-order valence-corrected chi connectivity index (χ3v) is 5.44. The van der Waals surface area contributed by atoms with Gasteiger partial charge in [0, 0.05) is 31.2 Å². The molecule has 2 aromatic carbocycles. The van der Waals surface area contributed by atoms with Crippen LogP contribution in [0.5, 0.6) is 0 Å². The van der Waals surface area contributed by atoms with Crippen molar-refractivity contribution < 1.29 is 0 Å². The van der Waals surface area contributed by atoms with Crippen LogP contribution in [0.1, 0.15) is 35.0 Å². The maximum Gasteiger partial charge on any atom is 0.191 e. The molecule has 0 unspecified atom stereocenters. The van der Waals surface area contributed by atoms with Crippen molar-refractivity contribution in [1.82, 2.24) is 30.2 Å². The van der Waals surface area contributed by atoms with Crippen LogP contribution in [-0.2, 0) is 19.6 Å². The number of nitrogens with one attached hydrogen (secondary N) is 2. The van der Waals surface area contributed by atoms with Gasteiger partial charge in [0.05, 0.1) is 24.5 Å². The van der Waals surface area contributed by atoms with Crippen molar-refractivity contribution in [3.8, 4) is 5.69 Å². The summed E-state index contributed by atoms with van der Waals surface area (Å²) >= 11 is 0. The van der Waals surface area contributed by atoms with Crippen molar-refractivity contribution in [3.05, 3.63) is 101 Å². The molecule has 4 aromatic rings. The summed E-state index contributed by atoms with van der Waals surface area (Å²) in [4.78, 5) is 4.86. The van der Waals surface area contributed by atoms with E-state index < -0.39 is 0 Å². The maximum atomic E-state index is 4.86. The van der Waals surface area contributed by atoms with E-state index in [1.807, 2.05) is 40.7 Å². The molecule has 0 aliphatic rings. The van der Waals surface area contributed by atoms with E-state index in [9.17, 15) is 0 Å². The fourth-order valence-corrected chi connectivity index (χ4v) is 3.86. The second kappa shape index (κ2) is 12.4. The van der Waals surface area contributed by atoms with Crippen molar-refractivity contribution in [2.45, 2.75) is 40.4 Å². The monoisotopic (exact) mass is 569 g/mol. The van der Waals surface area contributed by atoms with Crippen molar-refractivity contribution in [3.63, 3.8) is 0 Å². The van der Waals surface area contributed by atoms with E-state index in [0.29, 0.717) is 13.1 Å². The van der Waals surface area contributed by atoms with Gasteiger partial charge in [0.15, 0.2) is 5.96 Å². The summed E-state index contributed by atoms with van der Waals surface area (Å²) in [5.41, 5.74) is 6.77. The molecular weight excluding hydrogens is 537 g/mol. The fraction of sp³-hybridized carbons (Fsp3) is 0.269. The minimum Gasteiger partial charge on any atom is -0.357 e. The van der Waals surface area contributed by atoms with Crippen molar-refractivity contribution in [2.24, 2.45) is 4.99 Å². The lowest BCUT2D eigenvalue weighted by atomic mass is 10.1. The number of rotatable bonds is 8. The molecule has 0 radical (unpaired) electrons. The predicted molar refractivity (Wildman–Crippen MR) is 148 cm³/mol. The van der Waals surface area contributed by atoms with Crippen LogP contribution in [0.15, 0.2) is 78.0 Å². The lowest BCUT2D eigenvalue weighted by Crippen LogP contribution is -2.37. The Balaban J connectivity index is 0.00000324. The lowest BCUT2D eigenvalue weighted by molar-refractivity contribution is 0.677. The van der Waals surface area contributed by atoms with Gasteiger partial charge in [0.25, 0.3) is 0 Å². The molecular formula is C26H32IN7. The molecule has 0 aliphatic carbocycles. The van der Waals surface area contributed by atoms with E-state index in [1.165, 1.54) is 11.1 Å². The zero-order chi connectivity index (χ0) is 23.0. The smallest absolute Gasteiger partial charge is 0.191 e. The summed E-state index contributed by atoms with van der Waals surface area (Å²) in [6, 6.07) is 20.8. The van der Waals surface area contributed by atoms with Crippen molar-refractivity contribution in [2.75, 3.05) is 6.54 Å². The van der Waals surface area contributed by atoms with Gasteiger partial charge in [-0.3, -0.25) is 4.68 Å². The quantitative estimate of drug-likeness (QED) is 0.185. The number of para-hydroxylation sites is 1. The Morgan fingerprint density at radius 1 is 0.941 bits per heavy atom. The third-order valence-electron chi connectivity index (χ3n) is 5.44. The van der Waals surface area contributed by atoms with Crippen LogP contribution in [-0.4, -0.2) is 32.1 Å². The van der Waals surface area contributed by atoms with E-state index in [1.54, 1.807) is 6.20 Å². The highest BCUT2D eigenvalue weighted by atomic mass is 127. The number of guanidine groups is 1. The second-order valence-electron chi connectivity index (χ2n) is 7.99. The average molecular weight is 569 g/mol. The van der Waals surface area contributed by atoms with Gasteiger partial charge in [0.1, 0.15) is 0 Å². The Hall–Kier alpha value is -3.14. The Morgan fingerprint density at radius 2 is 1.68 bits per heavy atom. The van der Waals surface area contributed by atoms with Crippen molar-refractivity contribution >= 4 is 29.9 Å². The van der Waals surface area contributed by atoms with Crippen LogP contribution < -0.4 is 10.6 Å². The molecule has 178 valence electrons. The summed E-state index contributed by atoms with van der Waals surface area (Å²) in [6.07, 6.45) is 3.79. The number of benzene rings is 2. The van der Waals surface area contributed by atoms with Crippen LogP contribution >= 0.6 is 24.0 Å². The first kappa shape index (κ1) is 25.5. The minimum absolute atomic E-state index is 0. The standard InChI is InChI=1S/C26H31N7.HI/c1-4-27-26(28-17-22-10-5-6-12-24(22)19-32-15-9-14-30-32)29-18-23-11-7-8-13-25(23)33-21(3)16-20(2)31-33;/h5-16H,4,17-19H2,1-3H3,(H2,27,28,29);1H. The first-order chi connectivity index (χ1) is 16.1. The number of aromatic nitrogens is 4. The number of aliphatic imine (C=N–C) groups is 1. The molecule has 0 saturated carbocycles. The summed E-state index contributed by atoms with van der Waals surface area (Å²) in [5.74, 6) is 0.787. The van der Waals surface area contributed by atoms with E-state index in [2.05, 4.69) is 77.1 Å². The largest absolute Gasteiger partial charge is 0.357 e. The van der Waals surface area contributed by atoms with E-state index in [0.717, 1.165) is 41.7 Å². The van der Waals surface area contributed by atoms with Gasteiger partial charge < -0.3 is 10.6 Å². The molecule has 2 heterocycles. The molecule has 2 aromatic heterocycles. The molecule has 0 spiro atoms. The molecule has 0 atom stereocenters. The minimum atomic E-state index is 0. The molecule has 0 saturated heterocycles. The van der Waals surface area contributed by atoms with E-state index in [-0.39, 0.29) is 24.0 Å². The molecule has 34 heavy (non-hydrogen) atoms. The van der Waals surface area contributed by atoms with Crippen LogP contribution in [0.25, 0.3) is 5.69 Å². The van der Waals surface area contributed by atoms with Gasteiger partial charge >= 0.3 is 0 Å². The molecule has 0 fully saturated rings. The van der Waals surface area contributed by atoms with Gasteiger partial charge in [-0.1, -0.05) is 42.5 Å². The highest BCUT2D eigenvalue weighted by Crippen LogP contribution is 2.18. The maximum absolute atomic E-state index is 4.86. The van der Waals surface area contributed by atoms with Gasteiger partial charge in [-0.15, -0.1) is 24.0 Å². The van der Waals surface area contributed by atoms with Gasteiger partial charge in [0.2, 0.25) is 0 Å². The third kappa shape index (κ3) is 6.47. The zero-order valence-electron chi connectivity index (χ0n) is 19.9. The summed E-state index contributed by atoms with van der Waals surface area (Å²) < 4.78 is 3.93. The van der Waals surface area contributed by atoms with Crippen LogP contribution in [0.2, 0.25) is 0 Å². The lowest BCUT2D eigenvalue weighted by Gasteiger charge is -2.15. The summed E-state index contributed by atoms with van der Waals surface area (Å²) in [7, 11) is 0. The number of hydrogen-bond acceptors (Lipinski definition) is 3. The van der Waals surface area contributed by atoms with E-state index >= 15 is 0 Å². The van der Waals surface area contributed by atoms with Crippen LogP contribution in [0, 0.1) is 13.8 Å². The van der Waals surface area contributed by atoms with Gasteiger partial charge in [-0.05, 0) is 55.7 Å². The second-order valence-corrected chi connectivity index (χ2v) is 7.99. The predicted octanol–water partition coefficient (Wildman–Crippen LogP) is 4.61. The highest BCUT2D eigenvalue weighted by Gasteiger charge is 2.09. The highest BCUT2D eigenvalue weighted by molar-refractivity contribution is 14.0. The Bertz CT molecular complexity index is 1210. The molecule has 0 aliphatic heterocycles. The van der Waals surface area contributed by atoms with Crippen LogP contribution in [0.3, 0.4) is 0 Å². The summed E-state index contributed by atoms with van der Waals surface area (Å²) in [6.45, 7) is 8.94. The van der Waals surface area contributed by atoms with Gasteiger partial charge in [-0.25, -0.2) is 9.67 Å². The Kier molecular flexibility index (Phi) is 9.26. The van der Waals surface area contributed by atoms with Crippen LogP contribution in [0.4, 0.5) is 0 Å². The molecule has 0 bridgehead atoms. The molecule has 8 heteroatoms.